The third kappa shape index (κ3) is 15.0. The molecule has 2 heterocycles. The molecule has 28 atom stereocenters. The Bertz CT molecular complexity index is 5110. The molecule has 10 saturated carbocycles. The highest BCUT2D eigenvalue weighted by Crippen LogP contribution is 2.73. The van der Waals surface area contributed by atoms with Crippen LogP contribution in [0.15, 0.2) is 108 Å². The van der Waals surface area contributed by atoms with Gasteiger partial charge in [-0.15, -0.1) is 0 Å². The minimum absolute atomic E-state index is 0.000666. The van der Waals surface area contributed by atoms with Gasteiger partial charge in [-0.3, -0.25) is 43.2 Å². The van der Waals surface area contributed by atoms with Crippen molar-refractivity contribution in [2.75, 3.05) is 0 Å². The monoisotopic (exact) mass is 1800 g/mol. The van der Waals surface area contributed by atoms with Crippen LogP contribution in [0, 0.1) is 149 Å². The first kappa shape index (κ1) is 95.0. The lowest BCUT2D eigenvalue weighted by atomic mass is 9.49. The zero-order chi connectivity index (χ0) is 94.3. The number of hydrogen-bond donors (Lipinski definition) is 2. The molecule has 22 rings (SSSR count). The Hall–Kier alpha value is -7.29. The average Bonchev–Trinajstić information content (AvgIpc) is 1.54. The molecule has 15 heteroatoms. The highest BCUT2D eigenvalue weighted by Gasteiger charge is 2.71. The lowest BCUT2D eigenvalue weighted by Gasteiger charge is -2.56. The second-order valence-corrected chi connectivity index (χ2v) is 50.4. The Kier molecular flexibility index (Phi) is 24.3. The van der Waals surface area contributed by atoms with Crippen molar-refractivity contribution in [1.82, 2.24) is 0 Å². The van der Waals surface area contributed by atoms with E-state index < -0.39 is 17.1 Å². The molecule has 18 aliphatic carbocycles. The number of carbonyl (C=O) groups is 10. The minimum Gasteiger partial charge on any atom is -0.478 e. The van der Waals surface area contributed by atoms with E-state index in [0.29, 0.717) is 144 Å². The van der Waals surface area contributed by atoms with E-state index in [1.807, 2.05) is 78.0 Å². The molecule has 3 N–H and O–H groups in total. The summed E-state index contributed by atoms with van der Waals surface area (Å²) >= 11 is 0. The number of Topliss-reactive ketones (excluding diaryl/α,β-unsaturated/α-hetero) is 3. The molecule has 132 heavy (non-hydrogen) atoms. The van der Waals surface area contributed by atoms with Crippen molar-refractivity contribution in [2.24, 2.45) is 155 Å². The van der Waals surface area contributed by atoms with Crippen LogP contribution < -0.4 is 5.73 Å². The SMILES string of the molecule is CC(C)C[C@@H]1CC2C3C=CC4=CC(=O)CC[C@]4(C)C3CC[C@]2(C)C1=O.CC1(C)CC[C@@]2(CCC3C4CCc5cc(C(=O)O)ccc5C4CC[C@@]32C)OC1=O.CC1(C)CC[C@@]2(CCC3C4CCc5cc(C(N)=O)ccc5C4CCC32C)OC1=O.CCC[C@@H]1CC2C3C=CC4=CC(=O)CC[C@]4(C)C3CC[C@]2(C)C1=O.CCC[C@]1(F)CC2C3C=CC4=CC(=O)CC[C@]4(C)C3CC[C@]2(C)C1=O. The Morgan fingerprint density at radius 1 is 0.439 bits per heavy atom. The van der Waals surface area contributed by atoms with Gasteiger partial charge in [-0.25, -0.2) is 9.18 Å². The zero-order valence-electron chi connectivity index (χ0n) is 82.8. The molecule has 20 aliphatic rings. The number of aromatic carboxylic acids is 1. The second-order valence-electron chi connectivity index (χ2n) is 50.4. The Morgan fingerprint density at radius 3 is 1.25 bits per heavy atom. The van der Waals surface area contributed by atoms with Gasteiger partial charge in [0.1, 0.15) is 22.8 Å². The number of benzene rings is 2. The molecule has 0 radical (unpaired) electrons. The van der Waals surface area contributed by atoms with Gasteiger partial charge < -0.3 is 20.3 Å². The number of amides is 1. The number of halogens is 1. The molecular formula is C117H156FNO13. The number of ketones is 6. The maximum absolute atomic E-state index is 15.5. The number of carboxylic acids is 1. The van der Waals surface area contributed by atoms with Gasteiger partial charge in [-0.1, -0.05) is 145 Å². The van der Waals surface area contributed by atoms with Crippen molar-refractivity contribution in [1.29, 1.82) is 0 Å². The van der Waals surface area contributed by atoms with Crippen LogP contribution in [-0.2, 0) is 60.7 Å². The number of primary amides is 1. The molecule has 0 aromatic heterocycles. The van der Waals surface area contributed by atoms with Crippen molar-refractivity contribution in [3.8, 4) is 0 Å². The number of carboxylic acid groups (broad SMARTS) is 1. The summed E-state index contributed by atoms with van der Waals surface area (Å²) in [5, 5.41) is 9.33. The topological polar surface area (TPSA) is 235 Å². The van der Waals surface area contributed by atoms with Crippen LogP contribution >= 0.6 is 0 Å². The van der Waals surface area contributed by atoms with Crippen molar-refractivity contribution >= 4 is 58.5 Å². The number of rotatable bonds is 8. The van der Waals surface area contributed by atoms with Gasteiger partial charge in [-0.05, 0) is 419 Å². The maximum Gasteiger partial charge on any atom is 0.335 e. The van der Waals surface area contributed by atoms with Crippen LogP contribution in [0.2, 0.25) is 0 Å². The predicted octanol–water partition coefficient (Wildman–Crippen LogP) is 25.1. The average molecular weight is 1800 g/mol. The fourth-order valence-electron chi connectivity index (χ4n) is 34.6. The molecule has 12 fully saturated rings. The van der Waals surface area contributed by atoms with Gasteiger partial charge in [0.05, 0.1) is 16.4 Å². The molecule has 2 spiro atoms. The van der Waals surface area contributed by atoms with Gasteiger partial charge >= 0.3 is 17.9 Å². The number of alkyl halides is 1. The van der Waals surface area contributed by atoms with Gasteiger partial charge in [0, 0.05) is 63.7 Å². The molecule has 2 saturated heterocycles. The van der Waals surface area contributed by atoms with Gasteiger partial charge in [0.15, 0.2) is 28.8 Å². The van der Waals surface area contributed by atoms with Crippen LogP contribution in [0.25, 0.3) is 0 Å². The first-order chi connectivity index (χ1) is 62.2. The number of fused-ring (bicyclic) bond motifs is 27. The first-order valence-corrected chi connectivity index (χ1v) is 52.6. The highest BCUT2D eigenvalue weighted by molar-refractivity contribution is 5.97. The number of esters is 2. The van der Waals surface area contributed by atoms with E-state index in [1.165, 1.54) is 39.8 Å². The summed E-state index contributed by atoms with van der Waals surface area (Å²) in [7, 11) is 0. The largest absolute Gasteiger partial charge is 0.478 e. The second kappa shape index (κ2) is 33.8. The highest BCUT2D eigenvalue weighted by atomic mass is 19.1. The number of nitrogens with two attached hydrogens (primary N) is 1. The normalized spacial score (nSPS) is 44.0. The van der Waals surface area contributed by atoms with Crippen LogP contribution in [0.4, 0.5) is 4.39 Å². The Morgan fingerprint density at radius 2 is 0.841 bits per heavy atom. The molecule has 714 valence electrons. The van der Waals surface area contributed by atoms with E-state index in [1.54, 1.807) is 6.07 Å². The molecule has 16 unspecified atom stereocenters. The third-order valence-electron chi connectivity index (χ3n) is 42.7. The standard InChI is InChI=1S/C25H33NO3.C25H32O4.C23H32O2.C22H29FO2.C22H30O2/c2*1-23(2)12-13-25(29-22(23)28)11-9-20-19-7-4-15-14-16(21(26)27)5-6-17(15)18(19)8-10-24(20,25)3;1-14(2)11-15-12-20-18-6-5-16-13-17(24)7-9-22(16,3)19(18)8-10-23(20,4)21(15)25;1-4-9-22(23)13-18-16-6-5-14-12-15(24)7-10-20(14,2)17(16)8-11-21(18,3)19(22)25;1-4-5-14-12-19-17-7-6-15-13-16(23)8-10-21(15,2)18(17)9-11-22(19,3)20(14)24/h5-6,14,18-20H,4,7-13H2,1-3H3,(H2,26,27);5-6,14,18-20H,4,7-13H2,1-3H3,(H,26,27);5-6,13-15,18-20H,7-12H2,1-4H3;5-6,12,16-18H,4,7-11,13H2,1-3H3;6-7,13-14,17-19H,4-5,8-12H2,1-3H3/t18?,19?,20?,24?,25-;18?,19?,20?,24-,25+;15-,18?,19?,20?,22+,23+;16?,17?,18?,20-,21-,22-;14-,17?,18?,19?,21+,22+/m10101/s1. The summed E-state index contributed by atoms with van der Waals surface area (Å²) in [4.78, 5) is 123. The molecule has 14 nitrogen and oxygen atoms in total. The fraction of sp³-hybridized carbons (Fsp3) is 0.709. The number of ether oxygens (including phenoxy) is 2. The van der Waals surface area contributed by atoms with Crippen LogP contribution in [0.1, 0.15) is 384 Å². The number of aryl methyl sites for hydroxylation is 2. The lowest BCUT2D eigenvalue weighted by Crippen LogP contribution is -2.56. The summed E-state index contributed by atoms with van der Waals surface area (Å²) in [5.74, 6) is 9.24. The molecule has 0 bridgehead atoms. The van der Waals surface area contributed by atoms with Crippen LogP contribution in [0.3, 0.4) is 0 Å². The van der Waals surface area contributed by atoms with E-state index in [4.69, 9.17) is 15.2 Å². The quantitative estimate of drug-likeness (QED) is 0.234. The molecule has 2 aromatic carbocycles. The number of carbonyl (C=O) groups excluding carboxylic acids is 9. The summed E-state index contributed by atoms with van der Waals surface area (Å²) in [6.45, 7) is 35.0. The van der Waals surface area contributed by atoms with Gasteiger partial charge in [0.25, 0.3) is 0 Å². The number of allylic oxidation sites excluding steroid dienone is 12. The van der Waals surface area contributed by atoms with Crippen molar-refractivity contribution < 1.29 is 66.9 Å². The van der Waals surface area contributed by atoms with Gasteiger partial charge in [0.2, 0.25) is 5.91 Å². The fourth-order valence-corrected chi connectivity index (χ4v) is 34.6. The van der Waals surface area contributed by atoms with Gasteiger partial charge in [-0.2, -0.15) is 0 Å². The summed E-state index contributed by atoms with van der Waals surface area (Å²) < 4.78 is 28.1. The van der Waals surface area contributed by atoms with E-state index in [9.17, 15) is 53.1 Å². The van der Waals surface area contributed by atoms with E-state index >= 15 is 4.39 Å². The van der Waals surface area contributed by atoms with Crippen molar-refractivity contribution in [3.63, 3.8) is 0 Å². The van der Waals surface area contributed by atoms with E-state index in [0.717, 1.165) is 192 Å². The predicted molar refractivity (Wildman–Crippen MR) is 512 cm³/mol. The summed E-state index contributed by atoms with van der Waals surface area (Å²) in [6.07, 6.45) is 53.8. The molecule has 2 aliphatic heterocycles. The van der Waals surface area contributed by atoms with E-state index in [-0.39, 0.29) is 125 Å². The third-order valence-corrected chi connectivity index (χ3v) is 42.7. The smallest absolute Gasteiger partial charge is 0.335 e. The Labute approximate surface area is 787 Å². The minimum atomic E-state index is -1.63. The van der Waals surface area contributed by atoms with E-state index in [2.05, 4.69) is 118 Å². The number of hydrogen-bond acceptors (Lipinski definition) is 12. The zero-order valence-corrected chi connectivity index (χ0v) is 82.8. The molecule has 1 amide bonds. The van der Waals surface area contributed by atoms with Crippen molar-refractivity contribution in [2.45, 2.75) is 371 Å². The lowest BCUT2D eigenvalue weighted by molar-refractivity contribution is -0.206. The first-order valence-electron chi connectivity index (χ1n) is 52.6. The summed E-state index contributed by atoms with van der Waals surface area (Å²) in [6, 6.07) is 11.8. The molecule has 2 aromatic rings. The van der Waals surface area contributed by atoms with Crippen LogP contribution in [0.5, 0.6) is 0 Å². The summed E-state index contributed by atoms with van der Waals surface area (Å²) in [5.41, 5.74) is 12.3. The van der Waals surface area contributed by atoms with Crippen molar-refractivity contribution in [3.05, 3.63) is 141 Å². The maximum atomic E-state index is 15.5. The molecular weight excluding hydrogens is 1650 g/mol. The Balaban J connectivity index is 0.000000111. The van der Waals surface area contributed by atoms with Crippen LogP contribution in [-0.4, -0.2) is 80.5 Å².